The summed E-state index contributed by atoms with van der Waals surface area (Å²) in [6.07, 6.45) is 3.62. The quantitative estimate of drug-likeness (QED) is 0.657. The van der Waals surface area contributed by atoms with E-state index in [9.17, 15) is 18.5 Å². The molecule has 0 amide bonds. The molecule has 1 aliphatic carbocycles. The Morgan fingerprint density at radius 1 is 1.22 bits per heavy atom. The Morgan fingerprint density at radius 2 is 1.87 bits per heavy atom. The zero-order valence-electron chi connectivity index (χ0n) is 13.1. The topological polar surface area (TPSA) is 92.6 Å². The van der Waals surface area contributed by atoms with Crippen molar-refractivity contribution in [1.82, 2.24) is 4.31 Å². The first-order valence-electron chi connectivity index (χ1n) is 7.93. The van der Waals surface area contributed by atoms with Crippen LogP contribution < -0.4 is 5.32 Å². The molecule has 1 saturated heterocycles. The van der Waals surface area contributed by atoms with Gasteiger partial charge in [-0.1, -0.05) is 6.92 Å². The van der Waals surface area contributed by atoms with Crippen molar-refractivity contribution in [2.75, 3.05) is 18.4 Å². The number of hydrogen-bond acceptors (Lipinski definition) is 5. The number of hydrogen-bond donors (Lipinski definition) is 1. The maximum Gasteiger partial charge on any atom is 0.293 e. The SMILES string of the molecule is CC1CCN(S(=O)(=O)c2ccc(NC3CC3)c([N+](=O)[O-])c2)CC1. The predicted octanol–water partition coefficient (Wildman–Crippen LogP) is 2.59. The third kappa shape index (κ3) is 3.48. The Balaban J connectivity index is 1.89. The van der Waals surface area contributed by atoms with Crippen molar-refractivity contribution in [2.45, 2.75) is 43.5 Å². The lowest BCUT2D eigenvalue weighted by Crippen LogP contribution is -2.37. The highest BCUT2D eigenvalue weighted by Gasteiger charge is 2.31. The van der Waals surface area contributed by atoms with Crippen molar-refractivity contribution in [2.24, 2.45) is 5.92 Å². The van der Waals surface area contributed by atoms with Crippen LogP contribution in [-0.4, -0.2) is 36.8 Å². The van der Waals surface area contributed by atoms with E-state index in [4.69, 9.17) is 0 Å². The summed E-state index contributed by atoms with van der Waals surface area (Å²) in [6.45, 7) is 3.05. The van der Waals surface area contributed by atoms with Gasteiger partial charge in [-0.15, -0.1) is 0 Å². The van der Waals surface area contributed by atoms with E-state index in [1.807, 2.05) is 0 Å². The molecule has 0 spiro atoms. The van der Waals surface area contributed by atoms with E-state index in [-0.39, 0.29) is 16.6 Å². The molecule has 0 aromatic heterocycles. The minimum absolute atomic E-state index is 0.0000926. The van der Waals surface area contributed by atoms with Crippen LogP contribution in [0, 0.1) is 16.0 Å². The lowest BCUT2D eigenvalue weighted by molar-refractivity contribution is -0.384. The van der Waals surface area contributed by atoms with Crippen LogP contribution in [0.5, 0.6) is 0 Å². The van der Waals surface area contributed by atoms with Gasteiger partial charge >= 0.3 is 0 Å². The Kier molecular flexibility index (Phi) is 4.29. The first-order chi connectivity index (χ1) is 10.9. The number of anilines is 1. The molecule has 2 aliphatic rings. The molecular weight excluding hydrogens is 318 g/mol. The van der Waals surface area contributed by atoms with Crippen LogP contribution in [0.15, 0.2) is 23.1 Å². The predicted molar refractivity (Wildman–Crippen MR) is 86.9 cm³/mol. The van der Waals surface area contributed by atoms with Gasteiger partial charge in [-0.05, 0) is 43.7 Å². The van der Waals surface area contributed by atoms with Gasteiger partial charge in [0.15, 0.2) is 0 Å². The second-order valence-electron chi connectivity index (χ2n) is 6.44. The smallest absolute Gasteiger partial charge is 0.293 e. The number of nitro groups is 1. The summed E-state index contributed by atoms with van der Waals surface area (Å²) in [7, 11) is -3.67. The number of nitrogens with zero attached hydrogens (tertiary/aromatic N) is 2. The molecule has 1 aromatic rings. The van der Waals surface area contributed by atoms with Gasteiger partial charge in [0, 0.05) is 25.2 Å². The van der Waals surface area contributed by atoms with Crippen LogP contribution in [-0.2, 0) is 10.0 Å². The minimum Gasteiger partial charge on any atom is -0.377 e. The first kappa shape index (κ1) is 16.2. The maximum atomic E-state index is 12.7. The fourth-order valence-electron chi connectivity index (χ4n) is 2.77. The normalized spacial score (nSPS) is 20.4. The van der Waals surface area contributed by atoms with Gasteiger partial charge in [-0.3, -0.25) is 10.1 Å². The summed E-state index contributed by atoms with van der Waals surface area (Å²) < 4.78 is 26.8. The number of nitro benzene ring substituents is 1. The lowest BCUT2D eigenvalue weighted by atomic mass is 10.0. The molecule has 0 bridgehead atoms. The van der Waals surface area contributed by atoms with Crippen molar-refractivity contribution in [3.63, 3.8) is 0 Å². The average Bonchev–Trinajstić information content (AvgIpc) is 3.31. The zero-order valence-corrected chi connectivity index (χ0v) is 13.9. The molecule has 1 aliphatic heterocycles. The summed E-state index contributed by atoms with van der Waals surface area (Å²) in [6, 6.07) is 4.42. The highest BCUT2D eigenvalue weighted by molar-refractivity contribution is 7.89. The van der Waals surface area contributed by atoms with Crippen LogP contribution in [0.4, 0.5) is 11.4 Å². The zero-order chi connectivity index (χ0) is 16.6. The Hall–Kier alpha value is -1.67. The van der Waals surface area contributed by atoms with E-state index < -0.39 is 14.9 Å². The molecule has 1 saturated carbocycles. The molecular formula is C15H21N3O4S. The third-order valence-electron chi connectivity index (χ3n) is 4.48. The maximum absolute atomic E-state index is 12.7. The molecule has 2 fully saturated rings. The van der Waals surface area contributed by atoms with Crippen molar-refractivity contribution >= 4 is 21.4 Å². The highest BCUT2D eigenvalue weighted by atomic mass is 32.2. The molecule has 0 atom stereocenters. The number of nitrogens with one attached hydrogen (secondary N) is 1. The van der Waals surface area contributed by atoms with E-state index in [1.54, 1.807) is 0 Å². The number of benzene rings is 1. The lowest BCUT2D eigenvalue weighted by Gasteiger charge is -2.29. The number of rotatable bonds is 5. The molecule has 23 heavy (non-hydrogen) atoms. The molecule has 1 aromatic carbocycles. The van der Waals surface area contributed by atoms with Gasteiger partial charge in [0.25, 0.3) is 5.69 Å². The summed E-state index contributed by atoms with van der Waals surface area (Å²) >= 11 is 0. The molecule has 1 heterocycles. The monoisotopic (exact) mass is 339 g/mol. The molecule has 126 valence electrons. The van der Waals surface area contributed by atoms with Gasteiger partial charge < -0.3 is 5.32 Å². The standard InChI is InChI=1S/C15H21N3O4S/c1-11-6-8-17(9-7-11)23(21,22)13-4-5-14(16-12-2-3-12)15(10-13)18(19)20/h4-5,10-12,16H,2-3,6-9H2,1H3. The second kappa shape index (κ2) is 6.09. The Labute approximate surface area is 135 Å². The van der Waals surface area contributed by atoms with Crippen molar-refractivity contribution in [3.05, 3.63) is 28.3 Å². The van der Waals surface area contributed by atoms with Crippen LogP contribution in [0.3, 0.4) is 0 Å². The fourth-order valence-corrected chi connectivity index (χ4v) is 4.26. The highest BCUT2D eigenvalue weighted by Crippen LogP contribution is 2.33. The summed E-state index contributed by atoms with van der Waals surface area (Å²) in [4.78, 5) is 10.8. The van der Waals surface area contributed by atoms with E-state index in [0.717, 1.165) is 25.7 Å². The van der Waals surface area contributed by atoms with Gasteiger partial charge in [-0.25, -0.2) is 8.42 Å². The third-order valence-corrected chi connectivity index (χ3v) is 6.38. The van der Waals surface area contributed by atoms with Gasteiger partial charge in [0.2, 0.25) is 10.0 Å². The van der Waals surface area contributed by atoms with Crippen LogP contribution in [0.2, 0.25) is 0 Å². The number of piperidine rings is 1. The second-order valence-corrected chi connectivity index (χ2v) is 8.38. The average molecular weight is 339 g/mol. The van der Waals surface area contributed by atoms with Gasteiger partial charge in [-0.2, -0.15) is 4.31 Å². The van der Waals surface area contributed by atoms with E-state index in [2.05, 4.69) is 12.2 Å². The molecule has 3 rings (SSSR count). The molecule has 1 N–H and O–H groups in total. The van der Waals surface area contributed by atoms with E-state index in [1.165, 1.54) is 22.5 Å². The van der Waals surface area contributed by atoms with E-state index >= 15 is 0 Å². The van der Waals surface area contributed by atoms with Crippen LogP contribution in [0.25, 0.3) is 0 Å². The van der Waals surface area contributed by atoms with E-state index in [0.29, 0.717) is 24.7 Å². The van der Waals surface area contributed by atoms with Crippen molar-refractivity contribution < 1.29 is 13.3 Å². The van der Waals surface area contributed by atoms with Crippen molar-refractivity contribution in [1.29, 1.82) is 0 Å². The van der Waals surface area contributed by atoms with Crippen LogP contribution >= 0.6 is 0 Å². The largest absolute Gasteiger partial charge is 0.377 e. The van der Waals surface area contributed by atoms with Gasteiger partial charge in [0.1, 0.15) is 5.69 Å². The first-order valence-corrected chi connectivity index (χ1v) is 9.37. The molecule has 0 radical (unpaired) electrons. The Bertz CT molecular complexity index is 707. The minimum atomic E-state index is -3.67. The fraction of sp³-hybridized carbons (Fsp3) is 0.600. The number of sulfonamides is 1. The Morgan fingerprint density at radius 3 is 2.43 bits per heavy atom. The molecule has 7 nitrogen and oxygen atoms in total. The van der Waals surface area contributed by atoms with Gasteiger partial charge in [0.05, 0.1) is 9.82 Å². The molecule has 0 unspecified atom stereocenters. The summed E-state index contributed by atoms with van der Waals surface area (Å²) in [5.74, 6) is 0.515. The summed E-state index contributed by atoms with van der Waals surface area (Å²) in [5, 5.41) is 14.4. The summed E-state index contributed by atoms with van der Waals surface area (Å²) in [5.41, 5.74) is 0.215. The van der Waals surface area contributed by atoms with Crippen LogP contribution in [0.1, 0.15) is 32.6 Å². The molecule has 8 heteroatoms. The van der Waals surface area contributed by atoms with Crippen molar-refractivity contribution in [3.8, 4) is 0 Å².